The van der Waals surface area contributed by atoms with Gasteiger partial charge in [0.25, 0.3) is 0 Å². The number of aryl methyl sites for hydroxylation is 2. The van der Waals surface area contributed by atoms with E-state index in [2.05, 4.69) is 15.8 Å². The lowest BCUT2D eigenvalue weighted by Gasteiger charge is -2.22. The van der Waals surface area contributed by atoms with Crippen molar-refractivity contribution in [2.45, 2.75) is 64.4 Å². The van der Waals surface area contributed by atoms with E-state index < -0.39 is 0 Å². The van der Waals surface area contributed by atoms with Crippen LogP contribution in [0.25, 0.3) is 0 Å². The van der Waals surface area contributed by atoms with E-state index in [1.807, 2.05) is 0 Å². The van der Waals surface area contributed by atoms with E-state index in [1.54, 1.807) is 0 Å². The molecule has 1 unspecified atom stereocenters. The highest BCUT2D eigenvalue weighted by Crippen LogP contribution is 2.18. The summed E-state index contributed by atoms with van der Waals surface area (Å²) in [6.07, 6.45) is 8.41. The summed E-state index contributed by atoms with van der Waals surface area (Å²) in [5.41, 5.74) is 2.43. The maximum absolute atomic E-state index is 5.78. The smallest absolute Gasteiger partial charge is 0.158 e. The summed E-state index contributed by atoms with van der Waals surface area (Å²) < 4.78 is 13.5. The molecular formula is C14H22N2O2. The Morgan fingerprint density at radius 1 is 1.28 bits per heavy atom. The fraction of sp³-hybridized carbons (Fsp3) is 0.786. The molecule has 3 heterocycles. The first-order chi connectivity index (χ1) is 8.92. The molecule has 1 saturated heterocycles. The van der Waals surface area contributed by atoms with Crippen molar-refractivity contribution >= 4 is 0 Å². The molecule has 2 aliphatic rings. The van der Waals surface area contributed by atoms with Crippen LogP contribution < -0.4 is 0 Å². The summed E-state index contributed by atoms with van der Waals surface area (Å²) in [7, 11) is 0. The number of hydrogen-bond donors (Lipinski definition) is 0. The van der Waals surface area contributed by atoms with Crippen LogP contribution >= 0.6 is 0 Å². The molecule has 0 saturated carbocycles. The first-order valence-corrected chi connectivity index (χ1v) is 7.20. The van der Waals surface area contributed by atoms with Gasteiger partial charge in [0.1, 0.15) is 0 Å². The lowest BCUT2D eigenvalue weighted by atomic mass is 10.2. The van der Waals surface area contributed by atoms with Gasteiger partial charge in [-0.05, 0) is 44.6 Å². The van der Waals surface area contributed by atoms with Crippen molar-refractivity contribution in [3.63, 3.8) is 0 Å². The normalized spacial score (nSPS) is 24.6. The third kappa shape index (κ3) is 2.93. The average molecular weight is 250 g/mol. The monoisotopic (exact) mass is 250 g/mol. The molecule has 0 amide bonds. The zero-order valence-corrected chi connectivity index (χ0v) is 10.9. The molecule has 0 N–H and O–H groups in total. The Labute approximate surface area is 108 Å². The lowest BCUT2D eigenvalue weighted by molar-refractivity contribution is -0.169. The molecule has 4 heteroatoms. The number of nitrogens with zero attached hydrogens (tertiary/aromatic N) is 2. The van der Waals surface area contributed by atoms with E-state index in [0.717, 1.165) is 31.7 Å². The summed E-state index contributed by atoms with van der Waals surface area (Å²) in [5.74, 6) is 0. The van der Waals surface area contributed by atoms with Gasteiger partial charge in [-0.15, -0.1) is 0 Å². The van der Waals surface area contributed by atoms with E-state index >= 15 is 0 Å². The molecule has 1 atom stereocenters. The summed E-state index contributed by atoms with van der Waals surface area (Å²) >= 11 is 0. The number of hydrogen-bond acceptors (Lipinski definition) is 3. The Balaban J connectivity index is 1.56. The van der Waals surface area contributed by atoms with Crippen molar-refractivity contribution < 1.29 is 9.47 Å². The highest BCUT2D eigenvalue weighted by Gasteiger charge is 2.16. The summed E-state index contributed by atoms with van der Waals surface area (Å²) in [5, 5.41) is 4.63. The predicted octanol–water partition coefficient (Wildman–Crippen LogP) is 2.65. The second kappa shape index (κ2) is 5.85. The van der Waals surface area contributed by atoms with Gasteiger partial charge in [0.15, 0.2) is 6.29 Å². The second-order valence-electron chi connectivity index (χ2n) is 5.27. The third-order valence-corrected chi connectivity index (χ3v) is 3.77. The molecule has 1 aromatic heterocycles. The van der Waals surface area contributed by atoms with Crippen molar-refractivity contribution in [2.24, 2.45) is 0 Å². The van der Waals surface area contributed by atoms with E-state index in [-0.39, 0.29) is 6.29 Å². The number of rotatable bonds is 3. The number of ether oxygens (including phenoxy) is 2. The average Bonchev–Trinajstić information content (AvgIpc) is 2.68. The van der Waals surface area contributed by atoms with Gasteiger partial charge in [-0.1, -0.05) is 6.42 Å². The Morgan fingerprint density at radius 3 is 3.17 bits per heavy atom. The lowest BCUT2D eigenvalue weighted by Crippen LogP contribution is -2.22. The molecule has 2 aliphatic heterocycles. The van der Waals surface area contributed by atoms with Crippen LogP contribution in [-0.4, -0.2) is 22.7 Å². The van der Waals surface area contributed by atoms with Gasteiger partial charge >= 0.3 is 0 Å². The fourth-order valence-electron chi connectivity index (χ4n) is 2.75. The first kappa shape index (κ1) is 12.2. The van der Waals surface area contributed by atoms with Gasteiger partial charge in [-0.3, -0.25) is 4.68 Å². The molecule has 1 aromatic rings. The second-order valence-corrected chi connectivity index (χ2v) is 5.27. The number of fused-ring (bicyclic) bond motifs is 1. The molecule has 1 fully saturated rings. The van der Waals surface area contributed by atoms with Gasteiger partial charge in [-0.2, -0.15) is 5.10 Å². The van der Waals surface area contributed by atoms with Crippen LogP contribution in [0.1, 0.15) is 49.9 Å². The van der Waals surface area contributed by atoms with Crippen LogP contribution in [-0.2, 0) is 29.0 Å². The van der Waals surface area contributed by atoms with Crippen molar-refractivity contribution in [3.05, 3.63) is 17.5 Å². The first-order valence-electron chi connectivity index (χ1n) is 7.20. The largest absolute Gasteiger partial charge is 0.353 e. The molecule has 100 valence electrons. The molecule has 0 aromatic carbocycles. The van der Waals surface area contributed by atoms with E-state index in [0.29, 0.717) is 6.61 Å². The molecular weight excluding hydrogens is 228 g/mol. The van der Waals surface area contributed by atoms with Gasteiger partial charge < -0.3 is 9.47 Å². The summed E-state index contributed by atoms with van der Waals surface area (Å²) in [4.78, 5) is 0. The SMILES string of the molecule is c1c(COC2CCCCO2)nn2c1CCCCC2. The van der Waals surface area contributed by atoms with E-state index in [9.17, 15) is 0 Å². The molecule has 0 spiro atoms. The zero-order chi connectivity index (χ0) is 12.2. The molecule has 18 heavy (non-hydrogen) atoms. The Bertz CT molecular complexity index is 360. The van der Waals surface area contributed by atoms with Gasteiger partial charge in [0.2, 0.25) is 0 Å². The molecule has 0 aliphatic carbocycles. The highest BCUT2D eigenvalue weighted by molar-refractivity contribution is 5.10. The quantitative estimate of drug-likeness (QED) is 0.827. The fourth-order valence-corrected chi connectivity index (χ4v) is 2.75. The standard InChI is InChI=1S/C14H22N2O2/c1-2-6-13-10-12(15-16(13)8-4-1)11-18-14-7-3-5-9-17-14/h10,14H,1-9,11H2. The van der Waals surface area contributed by atoms with Crippen LogP contribution in [0.5, 0.6) is 0 Å². The highest BCUT2D eigenvalue weighted by atomic mass is 16.7. The van der Waals surface area contributed by atoms with E-state index in [1.165, 1.54) is 37.8 Å². The van der Waals surface area contributed by atoms with Crippen LogP contribution in [0, 0.1) is 0 Å². The topological polar surface area (TPSA) is 36.3 Å². The van der Waals surface area contributed by atoms with Crippen molar-refractivity contribution in [2.75, 3.05) is 6.61 Å². The number of aromatic nitrogens is 2. The molecule has 3 rings (SSSR count). The van der Waals surface area contributed by atoms with Crippen molar-refractivity contribution in [3.8, 4) is 0 Å². The maximum atomic E-state index is 5.78. The van der Waals surface area contributed by atoms with Crippen molar-refractivity contribution in [1.29, 1.82) is 0 Å². The minimum absolute atomic E-state index is 0.0137. The summed E-state index contributed by atoms with van der Waals surface area (Å²) in [6, 6.07) is 2.20. The van der Waals surface area contributed by atoms with Gasteiger partial charge in [-0.25, -0.2) is 0 Å². The third-order valence-electron chi connectivity index (χ3n) is 3.77. The predicted molar refractivity (Wildman–Crippen MR) is 68.2 cm³/mol. The Hall–Kier alpha value is -0.870. The van der Waals surface area contributed by atoms with Crippen LogP contribution in [0.3, 0.4) is 0 Å². The zero-order valence-electron chi connectivity index (χ0n) is 10.9. The Morgan fingerprint density at radius 2 is 2.28 bits per heavy atom. The maximum Gasteiger partial charge on any atom is 0.158 e. The van der Waals surface area contributed by atoms with Crippen LogP contribution in [0.4, 0.5) is 0 Å². The Kier molecular flexibility index (Phi) is 3.96. The minimum atomic E-state index is -0.0137. The van der Waals surface area contributed by atoms with Gasteiger partial charge in [0.05, 0.1) is 12.3 Å². The van der Waals surface area contributed by atoms with Crippen LogP contribution in [0.2, 0.25) is 0 Å². The van der Waals surface area contributed by atoms with Crippen LogP contribution in [0.15, 0.2) is 6.07 Å². The minimum Gasteiger partial charge on any atom is -0.353 e. The van der Waals surface area contributed by atoms with Crippen molar-refractivity contribution in [1.82, 2.24) is 9.78 Å². The molecule has 4 nitrogen and oxygen atoms in total. The van der Waals surface area contributed by atoms with E-state index in [4.69, 9.17) is 9.47 Å². The summed E-state index contributed by atoms with van der Waals surface area (Å²) in [6.45, 7) is 2.49. The molecule has 0 radical (unpaired) electrons. The van der Waals surface area contributed by atoms with Gasteiger partial charge in [0, 0.05) is 18.8 Å². The molecule has 0 bridgehead atoms.